The van der Waals surface area contributed by atoms with E-state index in [1.807, 2.05) is 21.7 Å². The van der Waals surface area contributed by atoms with E-state index >= 15 is 0 Å². The molecule has 2 aliphatic heterocycles. The van der Waals surface area contributed by atoms with Crippen molar-refractivity contribution in [2.75, 3.05) is 39.3 Å². The molecule has 21 heavy (non-hydrogen) atoms. The molecule has 0 N–H and O–H groups in total. The van der Waals surface area contributed by atoms with E-state index in [0.717, 1.165) is 38.2 Å². The number of carbonyl (C=O) groups excluding carboxylic acids is 1. The van der Waals surface area contributed by atoms with Crippen molar-refractivity contribution in [3.8, 4) is 0 Å². The van der Waals surface area contributed by atoms with Crippen LogP contribution in [0, 0.1) is 0 Å². The van der Waals surface area contributed by atoms with E-state index in [4.69, 9.17) is 4.74 Å². The van der Waals surface area contributed by atoms with Crippen LogP contribution >= 0.6 is 11.3 Å². The fourth-order valence-electron chi connectivity index (χ4n) is 3.19. The summed E-state index contributed by atoms with van der Waals surface area (Å²) >= 11 is 1.58. The van der Waals surface area contributed by atoms with Gasteiger partial charge in [0.05, 0.1) is 11.7 Å². The fraction of sp³-hybridized carbons (Fsp3) is 0.688. The van der Waals surface area contributed by atoms with Gasteiger partial charge in [-0.25, -0.2) is 0 Å². The highest BCUT2D eigenvalue weighted by atomic mass is 32.1. The SMILES string of the molecule is O=C(c1ccsc1)N1CCCO[C@@H](CN2CCCCC2)C1. The summed E-state index contributed by atoms with van der Waals surface area (Å²) < 4.78 is 5.97. The largest absolute Gasteiger partial charge is 0.375 e. The summed E-state index contributed by atoms with van der Waals surface area (Å²) in [5.41, 5.74) is 0.818. The summed E-state index contributed by atoms with van der Waals surface area (Å²) in [6.07, 6.45) is 5.04. The van der Waals surface area contributed by atoms with Crippen LogP contribution in [0.15, 0.2) is 16.8 Å². The second-order valence-corrected chi connectivity index (χ2v) is 6.75. The number of hydrogen-bond acceptors (Lipinski definition) is 4. The molecule has 1 amide bonds. The molecule has 1 aromatic heterocycles. The lowest BCUT2D eigenvalue weighted by Gasteiger charge is -2.31. The molecule has 4 nitrogen and oxygen atoms in total. The number of ether oxygens (including phenoxy) is 1. The molecule has 0 unspecified atom stereocenters. The third-order valence-electron chi connectivity index (χ3n) is 4.32. The summed E-state index contributed by atoms with van der Waals surface area (Å²) in [5, 5.41) is 3.90. The third-order valence-corrected chi connectivity index (χ3v) is 5.00. The van der Waals surface area contributed by atoms with Crippen LogP contribution in [-0.2, 0) is 4.74 Å². The Kier molecular flexibility index (Phi) is 5.27. The molecule has 1 atom stereocenters. The highest BCUT2D eigenvalue weighted by molar-refractivity contribution is 7.08. The Morgan fingerprint density at radius 1 is 1.24 bits per heavy atom. The first-order chi connectivity index (χ1) is 10.3. The van der Waals surface area contributed by atoms with Gasteiger partial charge >= 0.3 is 0 Å². The van der Waals surface area contributed by atoms with Crippen molar-refractivity contribution < 1.29 is 9.53 Å². The second-order valence-electron chi connectivity index (χ2n) is 5.97. The maximum absolute atomic E-state index is 12.5. The topological polar surface area (TPSA) is 32.8 Å². The molecule has 5 heteroatoms. The standard InChI is InChI=1S/C16H24N2O2S/c19-16(14-5-10-21-13-14)18-8-4-9-20-15(12-18)11-17-6-2-1-3-7-17/h5,10,13,15H,1-4,6-9,11-12H2/t15-/m0/s1. The van der Waals surface area contributed by atoms with Gasteiger partial charge in [0, 0.05) is 31.6 Å². The number of carbonyl (C=O) groups is 1. The van der Waals surface area contributed by atoms with Crippen LogP contribution in [0.4, 0.5) is 0 Å². The molecule has 2 saturated heterocycles. The van der Waals surface area contributed by atoms with Crippen molar-refractivity contribution in [3.63, 3.8) is 0 Å². The number of nitrogens with zero attached hydrogens (tertiary/aromatic N) is 2. The van der Waals surface area contributed by atoms with Crippen LogP contribution in [0.3, 0.4) is 0 Å². The Balaban J connectivity index is 1.59. The summed E-state index contributed by atoms with van der Waals surface area (Å²) in [6.45, 7) is 5.63. The van der Waals surface area contributed by atoms with Gasteiger partial charge in [-0.05, 0) is 43.8 Å². The van der Waals surface area contributed by atoms with Gasteiger partial charge in [0.1, 0.15) is 0 Å². The zero-order valence-electron chi connectivity index (χ0n) is 12.5. The Bertz CT molecular complexity index is 443. The van der Waals surface area contributed by atoms with Crippen molar-refractivity contribution in [1.82, 2.24) is 9.80 Å². The van der Waals surface area contributed by atoms with Crippen molar-refractivity contribution in [3.05, 3.63) is 22.4 Å². The van der Waals surface area contributed by atoms with Crippen LogP contribution in [0.25, 0.3) is 0 Å². The molecule has 0 spiro atoms. The predicted molar refractivity (Wildman–Crippen MR) is 84.9 cm³/mol. The van der Waals surface area contributed by atoms with Crippen LogP contribution in [0.2, 0.25) is 0 Å². The van der Waals surface area contributed by atoms with Gasteiger partial charge in [0.25, 0.3) is 5.91 Å². The quantitative estimate of drug-likeness (QED) is 0.860. The molecule has 0 radical (unpaired) electrons. The molecule has 3 heterocycles. The minimum absolute atomic E-state index is 0.158. The Morgan fingerprint density at radius 3 is 2.86 bits per heavy atom. The molecule has 0 saturated carbocycles. The first kappa shape index (κ1) is 15.0. The third kappa shape index (κ3) is 4.05. The molecule has 1 aromatic rings. The molecule has 116 valence electrons. The molecular formula is C16H24N2O2S. The average molecular weight is 308 g/mol. The van der Waals surface area contributed by atoms with Gasteiger partial charge in [0.15, 0.2) is 0 Å². The number of rotatable bonds is 3. The Hall–Kier alpha value is -0.910. The summed E-state index contributed by atoms with van der Waals surface area (Å²) in [5.74, 6) is 0.158. The second kappa shape index (κ2) is 7.38. The predicted octanol–water partition coefficient (Wildman–Crippen LogP) is 2.47. The number of amides is 1. The van der Waals surface area contributed by atoms with Crippen molar-refractivity contribution in [2.24, 2.45) is 0 Å². The van der Waals surface area contributed by atoms with E-state index in [1.165, 1.54) is 32.4 Å². The highest BCUT2D eigenvalue weighted by Crippen LogP contribution is 2.16. The maximum Gasteiger partial charge on any atom is 0.254 e. The van der Waals surface area contributed by atoms with Gasteiger partial charge in [-0.15, -0.1) is 0 Å². The van der Waals surface area contributed by atoms with Crippen LogP contribution in [0.5, 0.6) is 0 Å². The van der Waals surface area contributed by atoms with E-state index in [0.29, 0.717) is 0 Å². The first-order valence-corrected chi connectivity index (χ1v) is 8.92. The Labute approximate surface area is 130 Å². The minimum atomic E-state index is 0.158. The van der Waals surface area contributed by atoms with Crippen molar-refractivity contribution >= 4 is 17.2 Å². The Morgan fingerprint density at radius 2 is 2.10 bits per heavy atom. The lowest BCUT2D eigenvalue weighted by atomic mass is 10.1. The lowest BCUT2D eigenvalue weighted by molar-refractivity contribution is 0.0216. The van der Waals surface area contributed by atoms with E-state index in [2.05, 4.69) is 4.90 Å². The average Bonchev–Trinajstić information content (AvgIpc) is 2.95. The van der Waals surface area contributed by atoms with Crippen LogP contribution < -0.4 is 0 Å². The van der Waals surface area contributed by atoms with E-state index in [-0.39, 0.29) is 12.0 Å². The minimum Gasteiger partial charge on any atom is -0.375 e. The zero-order chi connectivity index (χ0) is 14.5. The molecule has 2 aliphatic rings. The fourth-order valence-corrected chi connectivity index (χ4v) is 3.82. The molecular weight excluding hydrogens is 284 g/mol. The van der Waals surface area contributed by atoms with E-state index < -0.39 is 0 Å². The molecule has 2 fully saturated rings. The normalized spacial score (nSPS) is 24.8. The summed E-state index contributed by atoms with van der Waals surface area (Å²) in [4.78, 5) is 17.0. The molecule has 0 aromatic carbocycles. The monoisotopic (exact) mass is 308 g/mol. The van der Waals surface area contributed by atoms with Gasteiger partial charge in [-0.3, -0.25) is 4.79 Å². The molecule has 0 aliphatic carbocycles. The summed E-state index contributed by atoms with van der Waals surface area (Å²) in [7, 11) is 0. The number of hydrogen-bond donors (Lipinski definition) is 0. The van der Waals surface area contributed by atoms with Gasteiger partial charge in [-0.2, -0.15) is 11.3 Å². The summed E-state index contributed by atoms with van der Waals surface area (Å²) in [6, 6.07) is 1.92. The number of thiophene rings is 1. The van der Waals surface area contributed by atoms with Crippen LogP contribution in [0.1, 0.15) is 36.0 Å². The molecule has 3 rings (SSSR count). The lowest BCUT2D eigenvalue weighted by Crippen LogP contribution is -2.43. The van der Waals surface area contributed by atoms with Crippen LogP contribution in [-0.4, -0.2) is 61.1 Å². The highest BCUT2D eigenvalue weighted by Gasteiger charge is 2.25. The first-order valence-electron chi connectivity index (χ1n) is 7.98. The number of piperidine rings is 1. The van der Waals surface area contributed by atoms with E-state index in [1.54, 1.807) is 11.3 Å². The van der Waals surface area contributed by atoms with Gasteiger partial charge < -0.3 is 14.5 Å². The van der Waals surface area contributed by atoms with Gasteiger partial charge in [0.2, 0.25) is 0 Å². The van der Waals surface area contributed by atoms with Crippen molar-refractivity contribution in [1.29, 1.82) is 0 Å². The van der Waals surface area contributed by atoms with Gasteiger partial charge in [-0.1, -0.05) is 6.42 Å². The molecule has 0 bridgehead atoms. The maximum atomic E-state index is 12.5. The zero-order valence-corrected chi connectivity index (χ0v) is 13.3. The smallest absolute Gasteiger partial charge is 0.254 e. The van der Waals surface area contributed by atoms with Crippen molar-refractivity contribution in [2.45, 2.75) is 31.8 Å². The van der Waals surface area contributed by atoms with E-state index in [9.17, 15) is 4.79 Å². The number of likely N-dealkylation sites (tertiary alicyclic amines) is 1.